The summed E-state index contributed by atoms with van der Waals surface area (Å²) in [5, 5.41) is 121. The summed E-state index contributed by atoms with van der Waals surface area (Å²) in [7, 11) is 0. The van der Waals surface area contributed by atoms with Crippen molar-refractivity contribution in [1.82, 2.24) is 5.32 Å². The van der Waals surface area contributed by atoms with E-state index in [9.17, 15) is 61.0 Å². The summed E-state index contributed by atoms with van der Waals surface area (Å²) in [6.07, 6.45) is 50.7. The topological polar surface area (TPSA) is 307 Å². The summed E-state index contributed by atoms with van der Waals surface area (Å²) in [5.41, 5.74) is 0. The Morgan fingerprint density at radius 2 is 0.608 bits per heavy atom. The highest BCUT2D eigenvalue weighted by Crippen LogP contribution is 2.34. The maximum absolute atomic E-state index is 13.5. The van der Waals surface area contributed by atoms with Gasteiger partial charge in [-0.15, -0.1) is 0 Å². The number of nitrogens with one attached hydrogen (secondary N) is 1. The molecule has 102 heavy (non-hydrogen) atoms. The minimum Gasteiger partial charge on any atom is -0.394 e. The van der Waals surface area contributed by atoms with E-state index in [1.165, 1.54) is 308 Å². The fourth-order valence-corrected chi connectivity index (χ4v) is 15.0. The maximum Gasteiger partial charge on any atom is 0.220 e. The van der Waals surface area contributed by atoms with Gasteiger partial charge in [0.05, 0.1) is 38.6 Å². The molecular formula is C83H159NO18. The van der Waals surface area contributed by atoms with Crippen molar-refractivity contribution >= 4 is 5.91 Å². The zero-order valence-corrected chi connectivity index (χ0v) is 64.9. The van der Waals surface area contributed by atoms with Gasteiger partial charge in [-0.3, -0.25) is 4.79 Å². The van der Waals surface area contributed by atoms with E-state index in [-0.39, 0.29) is 18.9 Å². The van der Waals surface area contributed by atoms with Crippen molar-refractivity contribution < 1.29 is 89.4 Å². The van der Waals surface area contributed by atoms with Crippen LogP contribution in [0.2, 0.25) is 0 Å². The number of aliphatic hydroxyl groups is 11. The lowest BCUT2D eigenvalue weighted by atomic mass is 9.96. The van der Waals surface area contributed by atoms with E-state index in [0.717, 1.165) is 44.9 Å². The first kappa shape index (κ1) is 94.7. The van der Waals surface area contributed by atoms with Crippen LogP contribution >= 0.6 is 0 Å². The summed E-state index contributed by atoms with van der Waals surface area (Å²) in [4.78, 5) is 13.5. The van der Waals surface area contributed by atoms with E-state index in [4.69, 9.17) is 28.4 Å². The molecule has 3 aliphatic rings. The van der Waals surface area contributed by atoms with E-state index >= 15 is 0 Å². The number of aliphatic hydroxyl groups excluding tert-OH is 11. The Bertz CT molecular complexity index is 1890. The Balaban J connectivity index is 1.35. The molecule has 604 valence electrons. The van der Waals surface area contributed by atoms with Crippen LogP contribution in [0.3, 0.4) is 0 Å². The van der Waals surface area contributed by atoms with Gasteiger partial charge in [0.15, 0.2) is 18.9 Å². The SMILES string of the molecule is CCCCCCCCCCCCCCCCCCCCCCCCCCCCCC/C=C/C(O)C(COC1OC(CO)C(OC2OC(CO)C(OC3OC(CO)C(O)C(O)C3O)C(O)C2O)C(O)C1O)NC(=O)CCCCCCCCCCCCCCCCCCCCCCCCCCCCC. The predicted molar refractivity (Wildman–Crippen MR) is 407 cm³/mol. The highest BCUT2D eigenvalue weighted by atomic mass is 16.8. The van der Waals surface area contributed by atoms with Crippen LogP contribution in [0.1, 0.15) is 380 Å². The lowest BCUT2D eigenvalue weighted by Crippen LogP contribution is -2.66. The summed E-state index contributed by atoms with van der Waals surface area (Å²) in [6, 6.07) is -0.971. The number of allylic oxidation sites excluding steroid dienone is 1. The molecule has 0 aromatic rings. The highest BCUT2D eigenvalue weighted by molar-refractivity contribution is 5.76. The molecule has 0 bridgehead atoms. The Hall–Kier alpha value is -1.47. The van der Waals surface area contributed by atoms with Gasteiger partial charge in [0.25, 0.3) is 0 Å². The van der Waals surface area contributed by atoms with Crippen LogP contribution in [0.5, 0.6) is 0 Å². The van der Waals surface area contributed by atoms with Crippen LogP contribution in [0.15, 0.2) is 12.2 Å². The van der Waals surface area contributed by atoms with Crippen molar-refractivity contribution in [3.05, 3.63) is 12.2 Å². The molecule has 0 spiro atoms. The lowest BCUT2D eigenvalue weighted by Gasteiger charge is -2.48. The minimum atomic E-state index is -1.98. The Morgan fingerprint density at radius 3 is 0.922 bits per heavy atom. The number of rotatable bonds is 70. The zero-order chi connectivity index (χ0) is 73.9. The normalized spacial score (nSPS) is 26.1. The summed E-state index contributed by atoms with van der Waals surface area (Å²) >= 11 is 0. The monoisotopic (exact) mass is 1460 g/mol. The quantitative estimate of drug-likeness (QED) is 0.0199. The van der Waals surface area contributed by atoms with Crippen molar-refractivity contribution in [2.75, 3.05) is 26.4 Å². The van der Waals surface area contributed by atoms with Crippen LogP contribution in [0.4, 0.5) is 0 Å². The third-order valence-corrected chi connectivity index (χ3v) is 21.8. The number of carbonyl (C=O) groups excluding carboxylic acids is 1. The second-order valence-electron chi connectivity index (χ2n) is 31.0. The van der Waals surface area contributed by atoms with Crippen molar-refractivity contribution in [2.24, 2.45) is 0 Å². The average Bonchev–Trinajstić information content (AvgIpc) is 0.767. The Morgan fingerprint density at radius 1 is 0.343 bits per heavy atom. The minimum absolute atomic E-state index is 0.250. The van der Waals surface area contributed by atoms with E-state index in [2.05, 4.69) is 19.2 Å². The lowest BCUT2D eigenvalue weighted by molar-refractivity contribution is -0.379. The second-order valence-corrected chi connectivity index (χ2v) is 31.0. The molecule has 17 atom stereocenters. The standard InChI is InChI=1S/C83H159NO18/c1-3-5-7-9-11-13-15-17-19-21-23-25-27-29-31-32-33-35-36-38-40-42-44-46-48-50-52-54-56-58-60-67(88)66(84-71(89)61-59-57-55-53-51-49-47-45-43-41-39-37-34-30-28-26-24-22-20-18-16-14-12-10-8-6-4-2)65-97-81-77(95)74(92)79(69(63-86)99-81)102-83-78(96)75(93)80(70(64-87)100-83)101-82-76(94)73(91)72(90)68(62-85)98-82/h58,60,66-70,72-83,85-88,90-96H,3-57,59,61-65H2,1-2H3,(H,84,89)/b60-58+. The van der Waals surface area contributed by atoms with Crippen LogP contribution in [0, 0.1) is 0 Å². The summed E-state index contributed by atoms with van der Waals surface area (Å²) in [6.45, 7) is 1.82. The summed E-state index contributed by atoms with van der Waals surface area (Å²) in [5.74, 6) is -0.265. The molecule has 12 N–H and O–H groups in total. The molecule has 3 fully saturated rings. The largest absolute Gasteiger partial charge is 0.394 e. The molecule has 19 heteroatoms. The molecule has 3 saturated heterocycles. The van der Waals surface area contributed by atoms with Crippen molar-refractivity contribution in [3.8, 4) is 0 Å². The van der Waals surface area contributed by atoms with Crippen LogP contribution < -0.4 is 5.32 Å². The molecule has 0 aliphatic carbocycles. The molecule has 0 aromatic heterocycles. The van der Waals surface area contributed by atoms with E-state index in [0.29, 0.717) is 6.42 Å². The van der Waals surface area contributed by atoms with Gasteiger partial charge in [-0.25, -0.2) is 0 Å². The third kappa shape index (κ3) is 43.7. The van der Waals surface area contributed by atoms with E-state index < -0.39 is 124 Å². The van der Waals surface area contributed by atoms with E-state index in [1.54, 1.807) is 6.08 Å². The molecule has 3 rings (SSSR count). The van der Waals surface area contributed by atoms with Crippen molar-refractivity contribution in [1.29, 1.82) is 0 Å². The number of amides is 1. The molecular weight excluding hydrogens is 1300 g/mol. The molecule has 0 aromatic carbocycles. The number of unbranched alkanes of at least 4 members (excludes halogenated alkanes) is 54. The molecule has 0 saturated carbocycles. The maximum atomic E-state index is 13.5. The van der Waals surface area contributed by atoms with Gasteiger partial charge in [-0.05, 0) is 19.3 Å². The van der Waals surface area contributed by atoms with Gasteiger partial charge in [-0.1, -0.05) is 366 Å². The number of ether oxygens (including phenoxy) is 6. The van der Waals surface area contributed by atoms with Gasteiger partial charge in [-0.2, -0.15) is 0 Å². The van der Waals surface area contributed by atoms with Crippen molar-refractivity contribution in [2.45, 2.75) is 484 Å². The molecule has 19 nitrogen and oxygen atoms in total. The van der Waals surface area contributed by atoms with Gasteiger partial charge in [0.2, 0.25) is 5.91 Å². The van der Waals surface area contributed by atoms with Crippen LogP contribution in [-0.2, 0) is 33.2 Å². The smallest absolute Gasteiger partial charge is 0.220 e. The van der Waals surface area contributed by atoms with E-state index in [1.807, 2.05) is 6.08 Å². The average molecular weight is 1460 g/mol. The van der Waals surface area contributed by atoms with Gasteiger partial charge in [0, 0.05) is 6.42 Å². The molecule has 1 amide bonds. The fourth-order valence-electron chi connectivity index (χ4n) is 15.0. The van der Waals surface area contributed by atoms with Crippen LogP contribution in [-0.4, -0.2) is 193 Å². The van der Waals surface area contributed by atoms with Gasteiger partial charge >= 0.3 is 0 Å². The zero-order valence-electron chi connectivity index (χ0n) is 64.9. The predicted octanol–water partition coefficient (Wildman–Crippen LogP) is 15.1. The first-order valence-corrected chi connectivity index (χ1v) is 42.9. The van der Waals surface area contributed by atoms with Crippen molar-refractivity contribution in [3.63, 3.8) is 0 Å². The van der Waals surface area contributed by atoms with Gasteiger partial charge < -0.3 is 89.9 Å². The molecule has 0 radical (unpaired) electrons. The molecule has 3 aliphatic heterocycles. The first-order chi connectivity index (χ1) is 49.8. The Kier molecular flexibility index (Phi) is 59.8. The number of hydrogen-bond donors (Lipinski definition) is 12. The third-order valence-electron chi connectivity index (χ3n) is 21.8. The number of hydrogen-bond acceptors (Lipinski definition) is 18. The van der Waals surface area contributed by atoms with Gasteiger partial charge in [0.1, 0.15) is 73.2 Å². The highest BCUT2D eigenvalue weighted by Gasteiger charge is 2.54. The first-order valence-electron chi connectivity index (χ1n) is 42.9. The summed E-state index contributed by atoms with van der Waals surface area (Å²) < 4.78 is 34.5. The molecule has 17 unspecified atom stereocenters. The molecule has 3 heterocycles. The van der Waals surface area contributed by atoms with Crippen LogP contribution in [0.25, 0.3) is 0 Å². The number of carbonyl (C=O) groups is 1. The Labute approximate surface area is 620 Å². The second kappa shape index (κ2) is 64.4. The fraction of sp³-hybridized carbons (Fsp3) is 0.964.